The van der Waals surface area contributed by atoms with Crippen molar-refractivity contribution in [2.75, 3.05) is 18.6 Å². The zero-order valence-electron chi connectivity index (χ0n) is 9.96. The van der Waals surface area contributed by atoms with E-state index in [0.29, 0.717) is 11.5 Å². The molecule has 1 amide bonds. The Labute approximate surface area is 99.2 Å². The van der Waals surface area contributed by atoms with Crippen LogP contribution in [0.15, 0.2) is 0 Å². The number of carbonyl (C=O) groups is 2. The van der Waals surface area contributed by atoms with E-state index in [2.05, 4.69) is 10.1 Å². The molecule has 0 unspecified atom stereocenters. The van der Waals surface area contributed by atoms with E-state index in [-0.39, 0.29) is 0 Å². The van der Waals surface area contributed by atoms with Gasteiger partial charge >= 0.3 is 12.1 Å². The molecule has 0 bridgehead atoms. The Morgan fingerprint density at radius 2 is 1.88 bits per heavy atom. The Kier molecular flexibility index (Phi) is 3.72. The first-order valence-corrected chi connectivity index (χ1v) is 6.12. The fraction of sp³-hybridized carbons (Fsp3) is 0.800. The summed E-state index contributed by atoms with van der Waals surface area (Å²) in [6.07, 6.45) is -0.585. The van der Waals surface area contributed by atoms with Gasteiger partial charge in [-0.2, -0.15) is 11.8 Å². The second-order valence-electron chi connectivity index (χ2n) is 4.69. The Hall–Kier alpha value is -0.910. The molecule has 1 heterocycles. The fourth-order valence-electron chi connectivity index (χ4n) is 1.24. The lowest BCUT2D eigenvalue weighted by atomic mass is 10.1. The maximum absolute atomic E-state index is 11.5. The van der Waals surface area contributed by atoms with Gasteiger partial charge in [0.15, 0.2) is 5.54 Å². The third-order valence-corrected chi connectivity index (χ3v) is 3.41. The summed E-state index contributed by atoms with van der Waals surface area (Å²) in [6, 6.07) is 0. The van der Waals surface area contributed by atoms with Crippen LogP contribution in [0, 0.1) is 0 Å². The molecule has 0 atom stereocenters. The van der Waals surface area contributed by atoms with Crippen molar-refractivity contribution in [2.45, 2.75) is 31.9 Å². The number of hydrogen-bond donors (Lipinski definition) is 1. The maximum atomic E-state index is 11.5. The van der Waals surface area contributed by atoms with Gasteiger partial charge in [-0.25, -0.2) is 9.59 Å². The van der Waals surface area contributed by atoms with Crippen molar-refractivity contribution >= 4 is 23.8 Å². The minimum Gasteiger partial charge on any atom is -0.467 e. The molecule has 0 aromatic rings. The highest BCUT2D eigenvalue weighted by molar-refractivity contribution is 8.01. The third kappa shape index (κ3) is 3.04. The fourth-order valence-corrected chi connectivity index (χ4v) is 2.23. The standard InChI is InChI=1S/C10H17NO4S/c1-9(2,3)15-8(13)11-10(5-16-6-10)7(12)14-4/h5-6H2,1-4H3,(H,11,13). The van der Waals surface area contributed by atoms with E-state index in [9.17, 15) is 9.59 Å². The van der Waals surface area contributed by atoms with E-state index in [1.54, 1.807) is 32.5 Å². The van der Waals surface area contributed by atoms with Crippen molar-refractivity contribution in [1.82, 2.24) is 5.32 Å². The molecule has 0 aromatic carbocycles. The molecule has 0 saturated carbocycles. The van der Waals surface area contributed by atoms with E-state index in [0.717, 1.165) is 0 Å². The second kappa shape index (κ2) is 4.53. The number of rotatable bonds is 2. The van der Waals surface area contributed by atoms with Crippen molar-refractivity contribution in [3.63, 3.8) is 0 Å². The number of esters is 1. The monoisotopic (exact) mass is 247 g/mol. The zero-order chi connectivity index (χ0) is 12.4. The molecule has 6 heteroatoms. The van der Waals surface area contributed by atoms with E-state index in [1.807, 2.05) is 0 Å². The van der Waals surface area contributed by atoms with Crippen LogP contribution in [-0.4, -0.2) is 41.8 Å². The van der Waals surface area contributed by atoms with Crippen LogP contribution in [0.25, 0.3) is 0 Å². The molecule has 16 heavy (non-hydrogen) atoms. The highest BCUT2D eigenvalue weighted by Crippen LogP contribution is 2.30. The molecule has 1 aliphatic heterocycles. The van der Waals surface area contributed by atoms with Crippen LogP contribution in [0.2, 0.25) is 0 Å². The highest BCUT2D eigenvalue weighted by atomic mass is 32.2. The van der Waals surface area contributed by atoms with Gasteiger partial charge in [-0.15, -0.1) is 0 Å². The van der Waals surface area contributed by atoms with E-state index >= 15 is 0 Å². The smallest absolute Gasteiger partial charge is 0.408 e. The third-order valence-electron chi connectivity index (χ3n) is 2.01. The molecule has 1 rings (SSSR count). The number of thioether (sulfide) groups is 1. The number of nitrogens with one attached hydrogen (secondary N) is 1. The van der Waals surface area contributed by atoms with Gasteiger partial charge in [0.2, 0.25) is 0 Å². The van der Waals surface area contributed by atoms with E-state index < -0.39 is 23.2 Å². The van der Waals surface area contributed by atoms with Crippen molar-refractivity contribution in [3.05, 3.63) is 0 Å². The van der Waals surface area contributed by atoms with Crippen LogP contribution in [0.4, 0.5) is 4.79 Å². The molecule has 0 spiro atoms. The molecular formula is C10H17NO4S. The lowest BCUT2D eigenvalue weighted by Gasteiger charge is -2.38. The number of methoxy groups -OCH3 is 1. The molecule has 0 radical (unpaired) electrons. The maximum Gasteiger partial charge on any atom is 0.408 e. The number of alkyl carbamates (subject to hydrolysis) is 1. The van der Waals surface area contributed by atoms with Crippen LogP contribution in [0.3, 0.4) is 0 Å². The summed E-state index contributed by atoms with van der Waals surface area (Å²) in [5.74, 6) is 0.634. The van der Waals surface area contributed by atoms with Gasteiger partial charge in [0.25, 0.3) is 0 Å². The van der Waals surface area contributed by atoms with Crippen LogP contribution in [0.1, 0.15) is 20.8 Å². The summed E-state index contributed by atoms with van der Waals surface area (Å²) in [7, 11) is 1.31. The Morgan fingerprint density at radius 1 is 1.31 bits per heavy atom. The zero-order valence-corrected chi connectivity index (χ0v) is 10.8. The average molecular weight is 247 g/mol. The van der Waals surface area contributed by atoms with Crippen molar-refractivity contribution in [3.8, 4) is 0 Å². The Bertz CT molecular complexity index is 294. The number of amides is 1. The van der Waals surface area contributed by atoms with Gasteiger partial charge in [-0.1, -0.05) is 0 Å². The number of carbonyl (C=O) groups excluding carboxylic acids is 2. The first-order valence-electron chi connectivity index (χ1n) is 4.96. The van der Waals surface area contributed by atoms with Gasteiger partial charge in [-0.05, 0) is 20.8 Å². The summed E-state index contributed by atoms with van der Waals surface area (Å²) >= 11 is 1.58. The van der Waals surface area contributed by atoms with Gasteiger partial charge in [0.1, 0.15) is 5.60 Å². The largest absolute Gasteiger partial charge is 0.467 e. The number of ether oxygens (including phenoxy) is 2. The predicted octanol–water partition coefficient (Wildman–Crippen LogP) is 1.17. The summed E-state index contributed by atoms with van der Waals surface area (Å²) in [4.78, 5) is 23.0. The molecule has 92 valence electrons. The van der Waals surface area contributed by atoms with E-state index in [4.69, 9.17) is 4.74 Å². The average Bonchev–Trinajstić information content (AvgIpc) is 2.07. The van der Waals surface area contributed by atoms with Gasteiger partial charge < -0.3 is 14.8 Å². The Morgan fingerprint density at radius 3 is 2.19 bits per heavy atom. The summed E-state index contributed by atoms with van der Waals surface area (Å²) < 4.78 is 9.76. The van der Waals surface area contributed by atoms with Crippen LogP contribution < -0.4 is 5.32 Å². The molecule has 5 nitrogen and oxygen atoms in total. The van der Waals surface area contributed by atoms with Crippen LogP contribution >= 0.6 is 11.8 Å². The van der Waals surface area contributed by atoms with Crippen LogP contribution in [0.5, 0.6) is 0 Å². The quantitative estimate of drug-likeness (QED) is 0.742. The molecule has 1 N–H and O–H groups in total. The first kappa shape index (κ1) is 13.2. The second-order valence-corrected chi connectivity index (χ2v) is 5.68. The summed E-state index contributed by atoms with van der Waals surface area (Å²) in [5.41, 5.74) is -1.47. The molecule has 0 aliphatic carbocycles. The molecule has 0 aromatic heterocycles. The van der Waals surface area contributed by atoms with Gasteiger partial charge in [0.05, 0.1) is 7.11 Å². The minimum atomic E-state index is -0.901. The van der Waals surface area contributed by atoms with Crippen LogP contribution in [-0.2, 0) is 14.3 Å². The van der Waals surface area contributed by atoms with Gasteiger partial charge in [-0.3, -0.25) is 0 Å². The minimum absolute atomic E-state index is 0.419. The SMILES string of the molecule is COC(=O)C1(NC(=O)OC(C)(C)C)CSC1. The Balaban J connectivity index is 2.58. The predicted molar refractivity (Wildman–Crippen MR) is 61.4 cm³/mol. The molecule has 1 fully saturated rings. The summed E-state index contributed by atoms with van der Waals surface area (Å²) in [6.45, 7) is 5.31. The topological polar surface area (TPSA) is 64.6 Å². The number of hydrogen-bond acceptors (Lipinski definition) is 5. The normalized spacial score (nSPS) is 18.2. The lowest BCUT2D eigenvalue weighted by molar-refractivity contribution is -0.147. The first-order chi connectivity index (χ1) is 7.29. The molecule has 1 saturated heterocycles. The summed E-state index contributed by atoms with van der Waals surface area (Å²) in [5, 5.41) is 2.58. The van der Waals surface area contributed by atoms with E-state index in [1.165, 1.54) is 7.11 Å². The lowest BCUT2D eigenvalue weighted by Crippen LogP contribution is -2.64. The van der Waals surface area contributed by atoms with Crippen molar-refractivity contribution < 1.29 is 19.1 Å². The van der Waals surface area contributed by atoms with Crippen molar-refractivity contribution in [2.24, 2.45) is 0 Å². The molecule has 1 aliphatic rings. The van der Waals surface area contributed by atoms with Crippen molar-refractivity contribution in [1.29, 1.82) is 0 Å². The highest BCUT2D eigenvalue weighted by Gasteiger charge is 2.48. The molecular weight excluding hydrogens is 230 g/mol. The van der Waals surface area contributed by atoms with Gasteiger partial charge in [0, 0.05) is 11.5 Å².